The van der Waals surface area contributed by atoms with Gasteiger partial charge in [0.1, 0.15) is 0 Å². The molecule has 0 amide bonds. The molecule has 0 aliphatic rings. The molecule has 22 nitrogen and oxygen atoms in total. The molecule has 11 aromatic rings. The Kier molecular flexibility index (Phi) is 70.0. The molecule has 0 unspecified atom stereocenters. The number of unbranched alkanes of at least 4 members (excludes halogenated alkanes) is 5. The standard InChI is InChI=1S/C18H18F3NO.C17H16F3NO.C13H19NO2.2C12H17NO2.C12H17NO.C11H15NO2.2C11H15NO.CH4/c19-18(20,21)14-10-8-13(9-11-14)15-5-1-2-6-16(15)17(23)7-3-4-12-22;18-17(19,20)13-9-7-12(8-10-13)14-4-1-2-5-15(14)16(22)6-3-11-21;1-14-9-5-4-8-13(16)12-7-3-2-6-11(12)10-15;1-13-8-4-7-12(15)11-6-3-2-5-10(11)9-14;13-8-4-3-7-12(15)11-6-2-1-5-10(11)9-14;1-13-10-6-5-9-12(14)11-7-3-2-4-8-11;12-7-3-6-11(14)10-5-2-1-4-9(10)8-13;1-12-9-5-8-11(13)10-6-3-2-4-7-10;12-9-5-4-8-11(13)10-6-2-1-3-7-10;/h1-2,5-6,8-11H,3-4,7,12,22H2;1-2,4-5,7-10H,3,6,11,21H2;2-3,6-7,14-15H,4-5,8-10H2,1H3;2-3,5-6,13-14H,4,7-9H2,1H3;1-2,5-6,14H,3-4,7-9,13H2;2-4,7-8,13H,5-6,9-10H2,1H3;1-2,4-5,13H,3,6-8,12H2;2-4,6-7,12H,5,8-9H2,1H3;1-3,6-7H,4-5,8-9,12H2;1H4. The topological polar surface area (TPSA) is 413 Å². The van der Waals surface area contributed by atoms with Crippen LogP contribution in [0.1, 0.15) is 282 Å². The second-order valence-corrected chi connectivity index (χ2v) is 33.5. The van der Waals surface area contributed by atoms with Crippen LogP contribution in [0.5, 0.6) is 0 Å². The van der Waals surface area contributed by atoms with Crippen molar-refractivity contribution in [3.05, 3.63) is 369 Å². The molecule has 0 saturated carbocycles. The van der Waals surface area contributed by atoms with Gasteiger partial charge in [-0.1, -0.05) is 268 Å². The third kappa shape index (κ3) is 52.5. The molecule has 0 heterocycles. The van der Waals surface area contributed by atoms with Crippen molar-refractivity contribution in [3.63, 3.8) is 0 Å². The van der Waals surface area contributed by atoms with E-state index in [0.29, 0.717) is 182 Å². The van der Waals surface area contributed by atoms with Crippen LogP contribution < -0.4 is 49.9 Å². The summed E-state index contributed by atoms with van der Waals surface area (Å²) in [5, 5.41) is 48.4. The lowest BCUT2D eigenvalue weighted by molar-refractivity contribution is -0.138. The van der Waals surface area contributed by atoms with E-state index >= 15 is 0 Å². The first-order valence-electron chi connectivity index (χ1n) is 49.4. The van der Waals surface area contributed by atoms with Crippen LogP contribution in [-0.4, -0.2) is 160 Å². The molecule has 0 spiro atoms. The van der Waals surface area contributed by atoms with Gasteiger partial charge < -0.3 is 70.4 Å². The first-order valence-corrected chi connectivity index (χ1v) is 49.4. The fourth-order valence-corrected chi connectivity index (χ4v) is 14.3. The molecule has 11 aromatic carbocycles. The van der Waals surface area contributed by atoms with Gasteiger partial charge in [-0.2, -0.15) is 26.3 Å². The van der Waals surface area contributed by atoms with Crippen LogP contribution in [0.4, 0.5) is 26.3 Å². The zero-order valence-corrected chi connectivity index (χ0v) is 84.2. The zero-order valence-electron chi connectivity index (χ0n) is 84.2. The van der Waals surface area contributed by atoms with Gasteiger partial charge in [-0.05, 0) is 246 Å². The van der Waals surface area contributed by atoms with E-state index in [-0.39, 0.29) is 85.9 Å². The van der Waals surface area contributed by atoms with Gasteiger partial charge in [0.15, 0.2) is 52.0 Å². The first-order chi connectivity index (χ1) is 70.1. The minimum Gasteiger partial charge on any atom is -0.392 e. The molecule has 28 heteroatoms. The van der Waals surface area contributed by atoms with Crippen molar-refractivity contribution in [3.8, 4) is 22.3 Å². The summed E-state index contributed by atoms with van der Waals surface area (Å²) in [6.07, 6.45) is 7.84. The maximum Gasteiger partial charge on any atom is 0.416 e. The molecule has 11 rings (SSSR count). The zero-order chi connectivity index (χ0) is 107. The number of nitrogens with two attached hydrogens (primary N) is 5. The largest absolute Gasteiger partial charge is 0.416 e. The number of aliphatic hydroxyl groups is 4. The van der Waals surface area contributed by atoms with E-state index in [1.54, 1.807) is 103 Å². The summed E-state index contributed by atoms with van der Waals surface area (Å²) in [6.45, 7) is 6.12. The Bertz CT molecular complexity index is 5360. The van der Waals surface area contributed by atoms with Gasteiger partial charge in [0.05, 0.1) is 37.6 Å². The number of carbonyl (C=O) groups excluding carboxylic acids is 9. The predicted octanol–water partition coefficient (Wildman–Crippen LogP) is 21.4. The van der Waals surface area contributed by atoms with Gasteiger partial charge in [-0.3, -0.25) is 43.2 Å². The third-order valence-electron chi connectivity index (χ3n) is 22.4. The van der Waals surface area contributed by atoms with E-state index in [1.807, 2.05) is 162 Å². The lowest BCUT2D eigenvalue weighted by Crippen LogP contribution is -2.11. The Hall–Kier alpha value is -12.5. The highest BCUT2D eigenvalue weighted by Crippen LogP contribution is 2.35. The molecule has 0 aromatic heterocycles. The number of halogens is 6. The Morgan fingerprint density at radius 2 is 0.418 bits per heavy atom. The number of benzene rings is 11. The normalized spacial score (nSPS) is 10.5. The van der Waals surface area contributed by atoms with Crippen molar-refractivity contribution in [2.75, 3.05) is 87.1 Å². The minimum atomic E-state index is -4.37. The lowest BCUT2D eigenvalue weighted by Gasteiger charge is -2.11. The monoisotopic (exact) mass is 2020 g/mol. The van der Waals surface area contributed by atoms with Crippen LogP contribution in [-0.2, 0) is 38.8 Å². The molecule has 18 N–H and O–H groups in total. The number of rotatable bonds is 51. The SMILES string of the molecule is C.CNCCCC(=O)c1ccccc1.CNCCCC(=O)c1ccccc1CO.CNCCCCC(=O)c1ccccc1.CNCCCCC(=O)c1ccccc1CO.NCCCC(=O)c1ccccc1-c1ccc(C(F)(F)F)cc1.NCCCC(=O)c1ccccc1CO.NCCCCC(=O)c1ccccc1.NCCCCC(=O)c1ccccc1-c1ccc(C(F)(F)F)cc1.NCCCCC(=O)c1ccccc1CO. The number of alkyl halides is 6. The van der Waals surface area contributed by atoms with E-state index in [9.17, 15) is 69.5 Å². The molecule has 0 fully saturated rings. The van der Waals surface area contributed by atoms with Crippen LogP contribution in [0, 0.1) is 0 Å². The maximum atomic E-state index is 12.6. The molecule has 146 heavy (non-hydrogen) atoms. The fourth-order valence-electron chi connectivity index (χ4n) is 14.3. The van der Waals surface area contributed by atoms with Crippen LogP contribution in [0.15, 0.2) is 285 Å². The quantitative estimate of drug-likeness (QED) is 0.00956. The lowest BCUT2D eigenvalue weighted by atomic mass is 9.94. The molecule has 0 bridgehead atoms. The highest BCUT2D eigenvalue weighted by atomic mass is 19.4. The predicted molar refractivity (Wildman–Crippen MR) is 575 cm³/mol. The summed E-state index contributed by atoms with van der Waals surface area (Å²) >= 11 is 0. The number of ketones is 9. The summed E-state index contributed by atoms with van der Waals surface area (Å²) in [4.78, 5) is 106. The summed E-state index contributed by atoms with van der Waals surface area (Å²) in [7, 11) is 7.60. The summed E-state index contributed by atoms with van der Waals surface area (Å²) < 4.78 is 75.7. The smallest absolute Gasteiger partial charge is 0.392 e. The number of hydrogen-bond acceptors (Lipinski definition) is 22. The van der Waals surface area contributed by atoms with Crippen molar-refractivity contribution in [1.29, 1.82) is 0 Å². The Labute approximate surface area is 859 Å². The van der Waals surface area contributed by atoms with E-state index in [2.05, 4.69) is 21.3 Å². The van der Waals surface area contributed by atoms with Crippen LogP contribution in [0.25, 0.3) is 22.3 Å². The fraction of sp³-hybridized carbons (Fsp3) is 0.364. The van der Waals surface area contributed by atoms with Crippen molar-refractivity contribution in [1.82, 2.24) is 21.3 Å². The molecule has 790 valence electrons. The maximum absolute atomic E-state index is 12.6. The molecular formula is C118H153F6N9O13. The molecule has 0 aliphatic heterocycles. The number of Topliss-reactive ketones (excluding diaryl/α,β-unsaturated/α-hetero) is 9. The number of aliphatic hydroxyl groups excluding tert-OH is 4. The Morgan fingerprint density at radius 1 is 0.226 bits per heavy atom. The van der Waals surface area contributed by atoms with Gasteiger partial charge in [-0.15, -0.1) is 0 Å². The number of hydrogen-bond donors (Lipinski definition) is 13. The minimum absolute atomic E-state index is 0. The second kappa shape index (κ2) is 78.8. The van der Waals surface area contributed by atoms with Crippen LogP contribution in [0.2, 0.25) is 0 Å². The molecular weight excluding hydrogens is 1870 g/mol. The van der Waals surface area contributed by atoms with Crippen LogP contribution >= 0.6 is 0 Å². The van der Waals surface area contributed by atoms with E-state index < -0.39 is 23.5 Å². The van der Waals surface area contributed by atoms with Gasteiger partial charge in [0, 0.05) is 108 Å². The van der Waals surface area contributed by atoms with Gasteiger partial charge in [0.2, 0.25) is 0 Å². The molecule has 0 radical (unpaired) electrons. The van der Waals surface area contributed by atoms with E-state index in [4.69, 9.17) is 49.1 Å². The van der Waals surface area contributed by atoms with Gasteiger partial charge in [0.25, 0.3) is 0 Å². The highest BCUT2D eigenvalue weighted by molar-refractivity contribution is 6.04. The van der Waals surface area contributed by atoms with E-state index in [1.165, 1.54) is 24.3 Å². The average Bonchev–Trinajstić information content (AvgIpc) is 0.812. The number of carbonyl (C=O) groups is 9. The molecule has 0 atom stereocenters. The highest BCUT2D eigenvalue weighted by Gasteiger charge is 2.32. The third-order valence-corrected chi connectivity index (χ3v) is 22.4. The Balaban J connectivity index is 0.000000559. The van der Waals surface area contributed by atoms with Crippen molar-refractivity contribution in [2.24, 2.45) is 28.7 Å². The summed E-state index contributed by atoms with van der Waals surface area (Å²) in [5.74, 6) is 1.00. The summed E-state index contributed by atoms with van der Waals surface area (Å²) in [6, 6.07) is 80.6. The average molecular weight is 2020 g/mol. The molecule has 0 saturated heterocycles. The van der Waals surface area contributed by atoms with Crippen LogP contribution in [0.3, 0.4) is 0 Å². The van der Waals surface area contributed by atoms with Gasteiger partial charge in [-0.25, -0.2) is 0 Å². The van der Waals surface area contributed by atoms with Crippen molar-refractivity contribution >= 4 is 52.0 Å². The first kappa shape index (κ1) is 130. The van der Waals surface area contributed by atoms with E-state index in [0.717, 1.165) is 143 Å². The van der Waals surface area contributed by atoms with Gasteiger partial charge >= 0.3 is 12.4 Å². The van der Waals surface area contributed by atoms with Crippen molar-refractivity contribution < 1.29 is 89.9 Å². The molecule has 0 aliphatic carbocycles. The summed E-state index contributed by atoms with van der Waals surface area (Å²) in [5.41, 5.74) is 36.8. The number of nitrogens with one attached hydrogen (secondary N) is 4. The second-order valence-electron chi connectivity index (χ2n) is 33.5. The Morgan fingerprint density at radius 3 is 0.658 bits per heavy atom. The van der Waals surface area contributed by atoms with Crippen molar-refractivity contribution in [2.45, 2.75) is 194 Å².